The fourth-order valence-electron chi connectivity index (χ4n) is 5.29. The first-order valence-corrected chi connectivity index (χ1v) is 14.0. The van der Waals surface area contributed by atoms with E-state index < -0.39 is 8.07 Å². The van der Waals surface area contributed by atoms with Gasteiger partial charge in [0.05, 0.1) is 19.0 Å². The minimum Gasteiger partial charge on any atom is -0.206 e. The first-order valence-electron chi connectivity index (χ1n) is 10.9. The lowest BCUT2D eigenvalue weighted by Crippen LogP contribution is -2.45. The van der Waals surface area contributed by atoms with Crippen molar-refractivity contribution in [2.24, 2.45) is 7.05 Å². The largest absolute Gasteiger partial charge is 0.220 e. The second kappa shape index (κ2) is 7.35. The predicted octanol–water partition coefficient (Wildman–Crippen LogP) is 6.26. The SMILES string of the molecule is Cc1cc(-c2c3ccc([Si](C)(C)C4CCCC4)cc3cc[n+]2C)c(C)c(C)c1F. The van der Waals surface area contributed by atoms with Crippen LogP contribution in [0.4, 0.5) is 4.39 Å². The monoisotopic (exact) mass is 406 g/mol. The molecule has 1 heterocycles. The van der Waals surface area contributed by atoms with E-state index in [1.807, 2.05) is 26.8 Å². The second-order valence-corrected chi connectivity index (χ2v) is 14.4. The zero-order chi connectivity index (χ0) is 20.9. The van der Waals surface area contributed by atoms with Crippen molar-refractivity contribution in [2.45, 2.75) is 65.1 Å². The molecule has 0 amide bonds. The number of fused-ring (bicyclic) bond motifs is 1. The number of nitrogens with zero attached hydrogens (tertiary/aromatic N) is 1. The Morgan fingerprint density at radius 3 is 2.34 bits per heavy atom. The zero-order valence-corrected chi connectivity index (χ0v) is 19.7. The van der Waals surface area contributed by atoms with Gasteiger partial charge in [-0.3, -0.25) is 0 Å². The molecule has 1 aromatic heterocycles. The molecule has 4 rings (SSSR count). The molecule has 0 radical (unpaired) electrons. The Labute approximate surface area is 175 Å². The average Bonchev–Trinajstić information content (AvgIpc) is 3.25. The van der Waals surface area contributed by atoms with Crippen molar-refractivity contribution in [3.63, 3.8) is 0 Å². The van der Waals surface area contributed by atoms with E-state index in [-0.39, 0.29) is 5.82 Å². The number of hydrogen-bond acceptors (Lipinski definition) is 0. The lowest BCUT2D eigenvalue weighted by atomic mass is 9.94. The highest BCUT2D eigenvalue weighted by atomic mass is 28.3. The fourth-order valence-corrected chi connectivity index (χ4v) is 8.65. The summed E-state index contributed by atoms with van der Waals surface area (Å²) >= 11 is 0. The molecule has 1 nitrogen and oxygen atoms in total. The smallest absolute Gasteiger partial charge is 0.206 e. The van der Waals surface area contributed by atoms with E-state index in [0.717, 1.165) is 22.2 Å². The number of rotatable bonds is 3. The summed E-state index contributed by atoms with van der Waals surface area (Å²) in [6.07, 6.45) is 7.76. The van der Waals surface area contributed by atoms with E-state index in [9.17, 15) is 4.39 Å². The maximum Gasteiger partial charge on any atom is 0.220 e. The summed E-state index contributed by atoms with van der Waals surface area (Å²) in [5, 5.41) is 4.12. The highest BCUT2D eigenvalue weighted by Crippen LogP contribution is 2.39. The van der Waals surface area contributed by atoms with Crippen molar-refractivity contribution in [3.05, 3.63) is 59.0 Å². The molecule has 1 aliphatic rings. The van der Waals surface area contributed by atoms with Gasteiger partial charge in [-0.05, 0) is 60.5 Å². The molecule has 1 saturated carbocycles. The number of hydrogen-bond donors (Lipinski definition) is 0. The fraction of sp³-hybridized carbons (Fsp3) is 0.423. The standard InChI is InChI=1S/C26H33FNSi/c1-17-15-24(18(2)19(3)25(17)27)26-23-12-11-22(16-20(23)13-14-28(26)4)29(5,6)21-9-7-8-10-21/h11-16,21H,7-10H2,1-6H3/q+1. The maximum absolute atomic E-state index is 14.4. The summed E-state index contributed by atoms with van der Waals surface area (Å²) in [6, 6.07) is 11.4. The lowest BCUT2D eigenvalue weighted by Gasteiger charge is -2.30. The highest BCUT2D eigenvalue weighted by Gasteiger charge is 2.35. The van der Waals surface area contributed by atoms with Crippen molar-refractivity contribution in [2.75, 3.05) is 0 Å². The Morgan fingerprint density at radius 2 is 1.66 bits per heavy atom. The van der Waals surface area contributed by atoms with Gasteiger partial charge in [0.25, 0.3) is 0 Å². The molecule has 1 fully saturated rings. The van der Waals surface area contributed by atoms with Crippen LogP contribution in [0.15, 0.2) is 36.5 Å². The van der Waals surface area contributed by atoms with Crippen LogP contribution in [0.25, 0.3) is 22.0 Å². The van der Waals surface area contributed by atoms with Crippen LogP contribution in [0.2, 0.25) is 18.6 Å². The van der Waals surface area contributed by atoms with Gasteiger partial charge in [0.2, 0.25) is 5.69 Å². The van der Waals surface area contributed by atoms with Crippen LogP contribution >= 0.6 is 0 Å². The topological polar surface area (TPSA) is 3.88 Å². The minimum absolute atomic E-state index is 0.0826. The number of halogens is 1. The van der Waals surface area contributed by atoms with E-state index in [1.54, 1.807) is 5.19 Å². The van der Waals surface area contributed by atoms with Gasteiger partial charge >= 0.3 is 0 Å². The maximum atomic E-state index is 14.4. The summed E-state index contributed by atoms with van der Waals surface area (Å²) < 4.78 is 16.6. The van der Waals surface area contributed by atoms with Gasteiger partial charge < -0.3 is 0 Å². The molecule has 0 aliphatic heterocycles. The summed E-state index contributed by atoms with van der Waals surface area (Å²) in [4.78, 5) is 0. The third-order valence-corrected chi connectivity index (χ3v) is 11.9. The van der Waals surface area contributed by atoms with Crippen molar-refractivity contribution in [1.82, 2.24) is 0 Å². The Bertz CT molecular complexity index is 1090. The molecule has 0 N–H and O–H groups in total. The van der Waals surface area contributed by atoms with Crippen LogP contribution in [-0.2, 0) is 7.05 Å². The van der Waals surface area contributed by atoms with E-state index in [2.05, 4.69) is 55.2 Å². The Balaban J connectivity index is 1.90. The van der Waals surface area contributed by atoms with Crippen molar-refractivity contribution in [1.29, 1.82) is 0 Å². The van der Waals surface area contributed by atoms with Crippen LogP contribution < -0.4 is 9.75 Å². The molecular formula is C26H33FNSi+. The summed E-state index contributed by atoms with van der Waals surface area (Å²) in [5.74, 6) is -0.0826. The number of pyridine rings is 1. The zero-order valence-electron chi connectivity index (χ0n) is 18.7. The predicted molar refractivity (Wildman–Crippen MR) is 124 cm³/mol. The Morgan fingerprint density at radius 1 is 0.966 bits per heavy atom. The number of aryl methyl sites for hydroxylation is 2. The van der Waals surface area contributed by atoms with Gasteiger partial charge in [0, 0.05) is 6.07 Å². The molecule has 0 saturated heterocycles. The molecular weight excluding hydrogens is 373 g/mol. The van der Waals surface area contributed by atoms with Crippen LogP contribution in [0.5, 0.6) is 0 Å². The van der Waals surface area contributed by atoms with Crippen LogP contribution in [0.3, 0.4) is 0 Å². The van der Waals surface area contributed by atoms with Gasteiger partial charge in [0.15, 0.2) is 6.20 Å². The van der Waals surface area contributed by atoms with Gasteiger partial charge in [-0.2, -0.15) is 0 Å². The number of aromatic nitrogens is 1. The third-order valence-electron chi connectivity index (χ3n) is 7.51. The highest BCUT2D eigenvalue weighted by molar-refractivity contribution is 6.91. The second-order valence-electron chi connectivity index (χ2n) is 9.59. The van der Waals surface area contributed by atoms with Crippen molar-refractivity contribution in [3.8, 4) is 11.3 Å². The van der Waals surface area contributed by atoms with Gasteiger partial charge in [-0.15, -0.1) is 0 Å². The molecule has 152 valence electrons. The molecule has 0 bridgehead atoms. The van der Waals surface area contributed by atoms with Gasteiger partial charge in [-0.1, -0.05) is 56.1 Å². The number of benzene rings is 2. The quantitative estimate of drug-likeness (QED) is 0.357. The molecule has 2 aromatic carbocycles. The lowest BCUT2D eigenvalue weighted by molar-refractivity contribution is -0.659. The van der Waals surface area contributed by atoms with Crippen LogP contribution in [-0.4, -0.2) is 8.07 Å². The molecule has 29 heavy (non-hydrogen) atoms. The average molecular weight is 407 g/mol. The minimum atomic E-state index is -1.47. The van der Waals surface area contributed by atoms with Crippen LogP contribution in [0.1, 0.15) is 42.4 Å². The van der Waals surface area contributed by atoms with E-state index in [4.69, 9.17) is 0 Å². The molecule has 3 aromatic rings. The van der Waals surface area contributed by atoms with Gasteiger partial charge in [0.1, 0.15) is 12.9 Å². The molecule has 0 spiro atoms. The normalized spacial score (nSPS) is 15.4. The summed E-state index contributed by atoms with van der Waals surface area (Å²) in [7, 11) is 0.624. The van der Waals surface area contributed by atoms with Crippen molar-refractivity contribution < 1.29 is 8.96 Å². The molecule has 0 unspecified atom stereocenters. The van der Waals surface area contributed by atoms with Crippen molar-refractivity contribution >= 4 is 24.0 Å². The third kappa shape index (κ3) is 3.34. The summed E-state index contributed by atoms with van der Waals surface area (Å²) in [6.45, 7) is 10.9. The Hall–Kier alpha value is -2.00. The molecule has 1 aliphatic carbocycles. The van der Waals surface area contributed by atoms with E-state index in [1.165, 1.54) is 42.1 Å². The van der Waals surface area contributed by atoms with Gasteiger partial charge in [-0.25, -0.2) is 8.96 Å². The first kappa shape index (κ1) is 20.3. The molecule has 0 atom stereocenters. The van der Waals surface area contributed by atoms with E-state index >= 15 is 0 Å². The Kier molecular flexibility index (Phi) is 5.14. The van der Waals surface area contributed by atoms with Crippen LogP contribution in [0, 0.1) is 26.6 Å². The first-order chi connectivity index (χ1) is 13.7. The molecule has 3 heteroatoms. The summed E-state index contributed by atoms with van der Waals surface area (Å²) in [5.41, 5.74) is 5.72. The van der Waals surface area contributed by atoms with E-state index in [0.29, 0.717) is 5.56 Å².